The van der Waals surface area contributed by atoms with Crippen molar-refractivity contribution in [1.29, 1.82) is 0 Å². The zero-order valence-electron chi connectivity index (χ0n) is 14.5. The topological polar surface area (TPSA) is 83.9 Å². The van der Waals surface area contributed by atoms with Crippen molar-refractivity contribution in [2.45, 2.75) is 13.5 Å². The number of amides is 2. The van der Waals surface area contributed by atoms with Gasteiger partial charge in [-0.2, -0.15) is 0 Å². The van der Waals surface area contributed by atoms with Gasteiger partial charge in [0.05, 0.1) is 23.6 Å². The lowest BCUT2D eigenvalue weighted by molar-refractivity contribution is -0.123. The van der Waals surface area contributed by atoms with Crippen molar-refractivity contribution in [1.82, 2.24) is 4.90 Å². The summed E-state index contributed by atoms with van der Waals surface area (Å²) >= 11 is 0.833. The molecule has 3 rings (SSSR count). The van der Waals surface area contributed by atoms with E-state index < -0.39 is 11.9 Å². The second-order valence-electron chi connectivity index (χ2n) is 5.74. The van der Waals surface area contributed by atoms with Crippen molar-refractivity contribution < 1.29 is 24.2 Å². The molecule has 2 aromatic carbocycles. The van der Waals surface area contributed by atoms with Crippen LogP contribution in [0.2, 0.25) is 0 Å². The number of hydrogen-bond donors (Lipinski definition) is 1. The van der Waals surface area contributed by atoms with E-state index in [0.717, 1.165) is 16.7 Å². The van der Waals surface area contributed by atoms with Gasteiger partial charge in [0.2, 0.25) is 0 Å². The van der Waals surface area contributed by atoms with E-state index >= 15 is 0 Å². The summed E-state index contributed by atoms with van der Waals surface area (Å²) in [5.41, 5.74) is 1.60. The maximum absolute atomic E-state index is 12.6. The Bertz CT molecular complexity index is 920. The highest BCUT2D eigenvalue weighted by Crippen LogP contribution is 2.34. The van der Waals surface area contributed by atoms with E-state index in [0.29, 0.717) is 23.3 Å². The highest BCUT2D eigenvalue weighted by atomic mass is 32.2. The molecular weight excluding hydrogens is 366 g/mol. The molecule has 0 aromatic heterocycles. The zero-order chi connectivity index (χ0) is 19.4. The van der Waals surface area contributed by atoms with Gasteiger partial charge in [0.25, 0.3) is 11.1 Å². The summed E-state index contributed by atoms with van der Waals surface area (Å²) in [7, 11) is 0. The molecule has 0 spiro atoms. The Morgan fingerprint density at radius 3 is 2.52 bits per heavy atom. The second kappa shape index (κ2) is 8.09. The molecule has 0 unspecified atom stereocenters. The molecule has 1 aliphatic rings. The van der Waals surface area contributed by atoms with E-state index in [9.17, 15) is 19.5 Å². The van der Waals surface area contributed by atoms with Crippen molar-refractivity contribution in [2.75, 3.05) is 6.61 Å². The van der Waals surface area contributed by atoms with Gasteiger partial charge in [-0.3, -0.25) is 14.5 Å². The van der Waals surface area contributed by atoms with E-state index in [1.54, 1.807) is 49.4 Å². The Balaban J connectivity index is 1.74. The molecule has 0 radical (unpaired) electrons. The van der Waals surface area contributed by atoms with Gasteiger partial charge in [0.1, 0.15) is 5.75 Å². The number of carbonyl (C=O) groups excluding carboxylic acids is 3. The van der Waals surface area contributed by atoms with E-state index in [2.05, 4.69) is 0 Å². The van der Waals surface area contributed by atoms with Crippen molar-refractivity contribution in [2.24, 2.45) is 0 Å². The fourth-order valence-electron chi connectivity index (χ4n) is 2.53. The number of imide groups is 1. The van der Waals surface area contributed by atoms with Crippen LogP contribution < -0.4 is 0 Å². The Kier molecular flexibility index (Phi) is 5.61. The highest BCUT2D eigenvalue weighted by molar-refractivity contribution is 8.18. The van der Waals surface area contributed by atoms with Gasteiger partial charge in [0, 0.05) is 5.56 Å². The summed E-state index contributed by atoms with van der Waals surface area (Å²) in [5.74, 6) is -0.789. The summed E-state index contributed by atoms with van der Waals surface area (Å²) < 4.78 is 4.93. The summed E-state index contributed by atoms with van der Waals surface area (Å²) in [4.78, 5) is 37.8. The molecular formula is C20H17NO5S. The third-order valence-corrected chi connectivity index (χ3v) is 4.81. The normalized spacial score (nSPS) is 15.4. The number of aromatic hydroxyl groups is 1. The van der Waals surface area contributed by atoms with Gasteiger partial charge in [-0.05, 0) is 48.5 Å². The zero-order valence-corrected chi connectivity index (χ0v) is 15.4. The average molecular weight is 383 g/mol. The van der Waals surface area contributed by atoms with Crippen molar-refractivity contribution >= 4 is 35.0 Å². The van der Waals surface area contributed by atoms with Gasteiger partial charge in [-0.1, -0.05) is 30.3 Å². The summed E-state index contributed by atoms with van der Waals surface area (Å²) in [6.07, 6.45) is 1.50. The minimum atomic E-state index is -0.416. The maximum Gasteiger partial charge on any atom is 0.338 e. The van der Waals surface area contributed by atoms with Crippen molar-refractivity contribution in [3.63, 3.8) is 0 Å². The summed E-state index contributed by atoms with van der Waals surface area (Å²) in [6, 6.07) is 13.2. The largest absolute Gasteiger partial charge is 0.507 e. The van der Waals surface area contributed by atoms with Crippen LogP contribution >= 0.6 is 11.8 Å². The molecule has 27 heavy (non-hydrogen) atoms. The van der Waals surface area contributed by atoms with E-state index in [1.165, 1.54) is 12.1 Å². The lowest BCUT2D eigenvalue weighted by atomic mass is 10.1. The molecule has 0 saturated carbocycles. The number of phenols is 1. The monoisotopic (exact) mass is 383 g/mol. The SMILES string of the molecule is CCOC(=O)c1ccc(CN2C(=O)S/C(=C\c3ccccc3O)C2=O)cc1. The molecule has 1 fully saturated rings. The molecule has 2 amide bonds. The number of para-hydroxylation sites is 1. The predicted octanol–water partition coefficient (Wildman–Crippen LogP) is 3.81. The minimum Gasteiger partial charge on any atom is -0.507 e. The first kappa shape index (κ1) is 18.7. The van der Waals surface area contributed by atoms with Gasteiger partial charge in [0.15, 0.2) is 0 Å². The fourth-order valence-corrected chi connectivity index (χ4v) is 3.36. The second-order valence-corrected chi connectivity index (χ2v) is 6.74. The molecule has 1 saturated heterocycles. The molecule has 0 bridgehead atoms. The molecule has 7 heteroatoms. The molecule has 0 atom stereocenters. The number of nitrogens with zero attached hydrogens (tertiary/aromatic N) is 1. The van der Waals surface area contributed by atoms with E-state index in [4.69, 9.17) is 4.74 Å². The lowest BCUT2D eigenvalue weighted by Gasteiger charge is -2.12. The molecule has 1 N–H and O–H groups in total. The number of esters is 1. The number of hydrogen-bond acceptors (Lipinski definition) is 6. The van der Waals surface area contributed by atoms with Crippen LogP contribution in [-0.2, 0) is 16.1 Å². The third-order valence-electron chi connectivity index (χ3n) is 3.90. The van der Waals surface area contributed by atoms with E-state index in [1.807, 2.05) is 0 Å². The van der Waals surface area contributed by atoms with Crippen LogP contribution in [0.1, 0.15) is 28.4 Å². The van der Waals surface area contributed by atoms with Crippen LogP contribution in [0.25, 0.3) is 6.08 Å². The number of thioether (sulfide) groups is 1. The van der Waals surface area contributed by atoms with Crippen LogP contribution in [0.15, 0.2) is 53.4 Å². The fraction of sp³-hybridized carbons (Fsp3) is 0.150. The van der Waals surface area contributed by atoms with Gasteiger partial charge in [-0.25, -0.2) is 4.79 Å². The molecule has 0 aliphatic carbocycles. The molecule has 2 aromatic rings. The van der Waals surface area contributed by atoms with E-state index in [-0.39, 0.29) is 22.4 Å². The number of carbonyl (C=O) groups is 3. The smallest absolute Gasteiger partial charge is 0.338 e. The minimum absolute atomic E-state index is 0.0406. The predicted molar refractivity (Wildman–Crippen MR) is 102 cm³/mol. The van der Waals surface area contributed by atoms with Crippen LogP contribution in [0, 0.1) is 0 Å². The first-order valence-electron chi connectivity index (χ1n) is 8.29. The van der Waals surface area contributed by atoms with Crippen LogP contribution in [0.4, 0.5) is 4.79 Å². The highest BCUT2D eigenvalue weighted by Gasteiger charge is 2.35. The Hall–Kier alpha value is -3.06. The Morgan fingerprint density at radius 2 is 1.85 bits per heavy atom. The van der Waals surface area contributed by atoms with Crippen molar-refractivity contribution in [3.8, 4) is 5.75 Å². The van der Waals surface area contributed by atoms with Crippen LogP contribution in [-0.4, -0.2) is 33.7 Å². The van der Waals surface area contributed by atoms with Crippen molar-refractivity contribution in [3.05, 3.63) is 70.1 Å². The number of benzene rings is 2. The molecule has 138 valence electrons. The summed E-state index contributed by atoms with van der Waals surface area (Å²) in [5, 5.41) is 9.45. The number of phenolic OH excluding ortho intramolecular Hbond substituents is 1. The average Bonchev–Trinajstić information content (AvgIpc) is 2.92. The summed E-state index contributed by atoms with van der Waals surface area (Å²) in [6.45, 7) is 2.13. The standard InChI is InChI=1S/C20H17NO5S/c1-2-26-19(24)14-9-7-13(8-10-14)12-21-18(23)17(27-20(21)25)11-15-5-3-4-6-16(15)22/h3-11,22H,2,12H2,1H3/b17-11-. The number of ether oxygens (including phenoxy) is 1. The number of rotatable bonds is 5. The van der Waals surface area contributed by atoms with Gasteiger partial charge in [-0.15, -0.1) is 0 Å². The molecule has 1 heterocycles. The maximum atomic E-state index is 12.6. The Morgan fingerprint density at radius 1 is 1.15 bits per heavy atom. The Labute approximate surface area is 160 Å². The third kappa shape index (κ3) is 4.20. The van der Waals surface area contributed by atoms with Crippen LogP contribution in [0.5, 0.6) is 5.75 Å². The van der Waals surface area contributed by atoms with Crippen LogP contribution in [0.3, 0.4) is 0 Å². The molecule has 1 aliphatic heterocycles. The molecule has 6 nitrogen and oxygen atoms in total. The quantitative estimate of drug-likeness (QED) is 0.624. The first-order chi connectivity index (χ1) is 13.0. The van der Waals surface area contributed by atoms with Gasteiger partial charge >= 0.3 is 5.97 Å². The van der Waals surface area contributed by atoms with Gasteiger partial charge < -0.3 is 9.84 Å². The lowest BCUT2D eigenvalue weighted by Crippen LogP contribution is -2.27. The first-order valence-corrected chi connectivity index (χ1v) is 9.10.